The van der Waals surface area contributed by atoms with Crippen LogP contribution in [0, 0.1) is 5.92 Å². The Hall–Kier alpha value is -0.160. The molecule has 1 N–H and O–H groups in total. The van der Waals surface area contributed by atoms with Gasteiger partial charge < -0.3 is 14.8 Å². The summed E-state index contributed by atoms with van der Waals surface area (Å²) in [7, 11) is 1.75. The molecule has 0 bridgehead atoms. The summed E-state index contributed by atoms with van der Waals surface area (Å²) in [6.07, 6.45) is 9.31. The minimum atomic E-state index is 0.803. The SMILES string of the molecule is COCCCOCCN1CCCCCC1C1CCNCC1. The number of hydrogen-bond acceptors (Lipinski definition) is 4. The van der Waals surface area contributed by atoms with E-state index in [2.05, 4.69) is 10.2 Å². The molecule has 0 aromatic heterocycles. The fraction of sp³-hybridized carbons (Fsp3) is 1.00. The fourth-order valence-electron chi connectivity index (χ4n) is 3.82. The predicted molar refractivity (Wildman–Crippen MR) is 86.7 cm³/mol. The first-order chi connectivity index (χ1) is 10.4. The monoisotopic (exact) mass is 298 g/mol. The van der Waals surface area contributed by atoms with Gasteiger partial charge in [0, 0.05) is 32.9 Å². The number of methoxy groups -OCH3 is 1. The number of hydrogen-bond donors (Lipinski definition) is 1. The first-order valence-corrected chi connectivity index (χ1v) is 8.93. The highest BCUT2D eigenvalue weighted by atomic mass is 16.5. The fourth-order valence-corrected chi connectivity index (χ4v) is 3.82. The maximum atomic E-state index is 5.78. The number of rotatable bonds is 8. The Morgan fingerprint density at radius 1 is 1.00 bits per heavy atom. The van der Waals surface area contributed by atoms with E-state index in [0.717, 1.165) is 44.7 Å². The van der Waals surface area contributed by atoms with Gasteiger partial charge in [-0.25, -0.2) is 0 Å². The third-order valence-corrected chi connectivity index (χ3v) is 5.00. The molecule has 4 nitrogen and oxygen atoms in total. The number of likely N-dealkylation sites (tertiary alicyclic amines) is 1. The van der Waals surface area contributed by atoms with Crippen molar-refractivity contribution in [1.82, 2.24) is 10.2 Å². The molecule has 0 spiro atoms. The number of piperidine rings is 1. The van der Waals surface area contributed by atoms with Gasteiger partial charge in [-0.15, -0.1) is 0 Å². The van der Waals surface area contributed by atoms with E-state index in [1.165, 1.54) is 58.2 Å². The molecule has 0 radical (unpaired) electrons. The van der Waals surface area contributed by atoms with Crippen LogP contribution in [0.5, 0.6) is 0 Å². The molecule has 2 saturated heterocycles. The lowest BCUT2D eigenvalue weighted by Crippen LogP contribution is -2.45. The Balaban J connectivity index is 1.73. The molecule has 2 fully saturated rings. The van der Waals surface area contributed by atoms with Crippen molar-refractivity contribution in [2.75, 3.05) is 53.1 Å². The first kappa shape index (κ1) is 17.2. The summed E-state index contributed by atoms with van der Waals surface area (Å²) in [6, 6.07) is 0.803. The molecule has 2 aliphatic heterocycles. The predicted octanol–water partition coefficient (Wildman–Crippen LogP) is 2.28. The molecule has 0 saturated carbocycles. The van der Waals surface area contributed by atoms with Crippen molar-refractivity contribution in [3.8, 4) is 0 Å². The van der Waals surface area contributed by atoms with Gasteiger partial charge in [0.2, 0.25) is 0 Å². The highest BCUT2D eigenvalue weighted by molar-refractivity contribution is 4.84. The van der Waals surface area contributed by atoms with Crippen LogP contribution in [0.15, 0.2) is 0 Å². The van der Waals surface area contributed by atoms with Gasteiger partial charge in [-0.1, -0.05) is 12.8 Å². The lowest BCUT2D eigenvalue weighted by atomic mass is 9.87. The highest BCUT2D eigenvalue weighted by Crippen LogP contribution is 2.28. The molecule has 0 aliphatic carbocycles. The molecule has 124 valence electrons. The van der Waals surface area contributed by atoms with Crippen molar-refractivity contribution < 1.29 is 9.47 Å². The lowest BCUT2D eigenvalue weighted by molar-refractivity contribution is 0.0559. The molecule has 0 aromatic carbocycles. The summed E-state index contributed by atoms with van der Waals surface area (Å²) in [5.41, 5.74) is 0. The molecule has 1 unspecified atom stereocenters. The zero-order valence-electron chi connectivity index (χ0n) is 13.8. The van der Waals surface area contributed by atoms with Crippen molar-refractivity contribution in [3.63, 3.8) is 0 Å². The zero-order valence-corrected chi connectivity index (χ0v) is 13.8. The van der Waals surface area contributed by atoms with Crippen molar-refractivity contribution in [3.05, 3.63) is 0 Å². The number of ether oxygens (including phenoxy) is 2. The number of nitrogens with one attached hydrogen (secondary N) is 1. The Bertz CT molecular complexity index is 257. The van der Waals surface area contributed by atoms with Gasteiger partial charge in [0.05, 0.1) is 6.61 Å². The standard InChI is InChI=1S/C17H34N2O2/c1-20-13-5-14-21-15-12-19-11-4-2-3-6-17(19)16-7-9-18-10-8-16/h16-18H,2-15H2,1H3. The van der Waals surface area contributed by atoms with Crippen LogP contribution < -0.4 is 5.32 Å². The van der Waals surface area contributed by atoms with Crippen LogP contribution in [0.2, 0.25) is 0 Å². The lowest BCUT2D eigenvalue weighted by Gasteiger charge is -2.38. The van der Waals surface area contributed by atoms with E-state index < -0.39 is 0 Å². The third-order valence-electron chi connectivity index (χ3n) is 5.00. The van der Waals surface area contributed by atoms with E-state index in [9.17, 15) is 0 Å². The van der Waals surface area contributed by atoms with Gasteiger partial charge in [-0.3, -0.25) is 4.90 Å². The smallest absolute Gasteiger partial charge is 0.0593 e. The molecule has 0 amide bonds. The van der Waals surface area contributed by atoms with E-state index in [-0.39, 0.29) is 0 Å². The van der Waals surface area contributed by atoms with Gasteiger partial charge in [0.15, 0.2) is 0 Å². The first-order valence-electron chi connectivity index (χ1n) is 8.93. The average molecular weight is 298 g/mol. The van der Waals surface area contributed by atoms with E-state index in [1.54, 1.807) is 7.11 Å². The van der Waals surface area contributed by atoms with Crippen LogP contribution in [-0.4, -0.2) is 64.1 Å². The minimum absolute atomic E-state index is 0.803. The maximum absolute atomic E-state index is 5.78. The van der Waals surface area contributed by atoms with Crippen molar-refractivity contribution >= 4 is 0 Å². The third kappa shape index (κ3) is 6.23. The molecule has 1 atom stereocenters. The molecule has 2 heterocycles. The van der Waals surface area contributed by atoms with E-state index in [1.807, 2.05) is 0 Å². The largest absolute Gasteiger partial charge is 0.385 e. The quantitative estimate of drug-likeness (QED) is 0.697. The topological polar surface area (TPSA) is 33.7 Å². The zero-order chi connectivity index (χ0) is 14.8. The second-order valence-corrected chi connectivity index (χ2v) is 6.50. The van der Waals surface area contributed by atoms with Crippen LogP contribution in [0.1, 0.15) is 44.9 Å². The molecule has 0 aromatic rings. The van der Waals surface area contributed by atoms with Crippen LogP contribution in [-0.2, 0) is 9.47 Å². The molecule has 21 heavy (non-hydrogen) atoms. The van der Waals surface area contributed by atoms with E-state index >= 15 is 0 Å². The van der Waals surface area contributed by atoms with Crippen LogP contribution in [0.4, 0.5) is 0 Å². The van der Waals surface area contributed by atoms with Gasteiger partial charge in [0.1, 0.15) is 0 Å². The summed E-state index contributed by atoms with van der Waals surface area (Å²) in [6.45, 7) is 7.33. The summed E-state index contributed by atoms with van der Waals surface area (Å²) in [4.78, 5) is 2.74. The second-order valence-electron chi connectivity index (χ2n) is 6.50. The number of nitrogens with zero attached hydrogens (tertiary/aromatic N) is 1. The van der Waals surface area contributed by atoms with Gasteiger partial charge in [-0.05, 0) is 57.7 Å². The summed E-state index contributed by atoms with van der Waals surface area (Å²) >= 11 is 0. The second kappa shape index (κ2) is 10.5. The Labute approximate surface area is 130 Å². The summed E-state index contributed by atoms with van der Waals surface area (Å²) in [5.74, 6) is 0.901. The van der Waals surface area contributed by atoms with Crippen molar-refractivity contribution in [2.45, 2.75) is 51.0 Å². The normalized spacial score (nSPS) is 25.9. The van der Waals surface area contributed by atoms with Crippen molar-refractivity contribution in [2.24, 2.45) is 5.92 Å². The Morgan fingerprint density at radius 3 is 2.67 bits per heavy atom. The van der Waals surface area contributed by atoms with Crippen molar-refractivity contribution in [1.29, 1.82) is 0 Å². The van der Waals surface area contributed by atoms with E-state index in [0.29, 0.717) is 0 Å². The molecule has 4 heteroatoms. The van der Waals surface area contributed by atoms with E-state index in [4.69, 9.17) is 9.47 Å². The molecular formula is C17H34N2O2. The van der Waals surface area contributed by atoms with Crippen LogP contribution >= 0.6 is 0 Å². The van der Waals surface area contributed by atoms with Gasteiger partial charge >= 0.3 is 0 Å². The summed E-state index contributed by atoms with van der Waals surface area (Å²) in [5, 5.41) is 3.50. The molecular weight excluding hydrogens is 264 g/mol. The average Bonchev–Trinajstić information content (AvgIpc) is 2.77. The van der Waals surface area contributed by atoms with Gasteiger partial charge in [0.25, 0.3) is 0 Å². The van der Waals surface area contributed by atoms with Gasteiger partial charge in [-0.2, -0.15) is 0 Å². The molecule has 2 rings (SSSR count). The maximum Gasteiger partial charge on any atom is 0.0593 e. The summed E-state index contributed by atoms with van der Waals surface area (Å²) < 4.78 is 10.8. The Kier molecular flexibility index (Phi) is 8.64. The van der Waals surface area contributed by atoms with Crippen LogP contribution in [0.25, 0.3) is 0 Å². The minimum Gasteiger partial charge on any atom is -0.385 e. The highest BCUT2D eigenvalue weighted by Gasteiger charge is 2.29. The molecule has 2 aliphatic rings. The van der Waals surface area contributed by atoms with Crippen LogP contribution in [0.3, 0.4) is 0 Å². The Morgan fingerprint density at radius 2 is 1.86 bits per heavy atom.